The number of aliphatic hydroxyl groups is 1. The number of rotatable bonds is 6. The van der Waals surface area contributed by atoms with Crippen LogP contribution in [0.15, 0.2) is 36.0 Å². The van der Waals surface area contributed by atoms with E-state index < -0.39 is 0 Å². The minimum Gasteiger partial charge on any atom is -0.395 e. The van der Waals surface area contributed by atoms with Gasteiger partial charge in [0.25, 0.3) is 11.8 Å². The van der Waals surface area contributed by atoms with Crippen LogP contribution >= 0.6 is 0 Å². The van der Waals surface area contributed by atoms with Crippen molar-refractivity contribution < 1.29 is 14.7 Å². The number of β-amino-alcohol motifs (C(OH)–C–C–N with tert-alkyl or cyclic N) is 1. The Morgan fingerprint density at radius 3 is 2.61 bits per heavy atom. The third-order valence-electron chi connectivity index (χ3n) is 4.21. The van der Waals surface area contributed by atoms with Crippen molar-refractivity contribution in [2.45, 2.75) is 19.4 Å². The fourth-order valence-electron chi connectivity index (χ4n) is 3.02. The summed E-state index contributed by atoms with van der Waals surface area (Å²) in [5, 5.41) is 12.0. The summed E-state index contributed by atoms with van der Waals surface area (Å²) in [5.41, 5.74) is 2.21. The number of benzene rings is 1. The van der Waals surface area contributed by atoms with Crippen LogP contribution in [0, 0.1) is 0 Å². The zero-order valence-electron chi connectivity index (χ0n) is 13.0. The average Bonchev–Trinajstić information content (AvgIpc) is 3.14. The smallest absolute Gasteiger partial charge is 0.277 e. The Morgan fingerprint density at radius 1 is 1.13 bits per heavy atom. The zero-order chi connectivity index (χ0) is 16.2. The highest BCUT2D eigenvalue weighted by molar-refractivity contribution is 6.17. The first-order chi connectivity index (χ1) is 11.2. The Kier molecular flexibility index (Phi) is 4.73. The van der Waals surface area contributed by atoms with Gasteiger partial charge in [0.05, 0.1) is 13.2 Å². The number of imide groups is 1. The van der Waals surface area contributed by atoms with Gasteiger partial charge in [0.1, 0.15) is 5.70 Å². The van der Waals surface area contributed by atoms with Crippen molar-refractivity contribution >= 4 is 17.5 Å². The van der Waals surface area contributed by atoms with Crippen LogP contribution in [0.4, 0.5) is 5.69 Å². The lowest BCUT2D eigenvalue weighted by molar-refractivity contribution is -0.137. The number of para-hydroxylation sites is 1. The van der Waals surface area contributed by atoms with Crippen LogP contribution in [-0.4, -0.2) is 53.0 Å². The van der Waals surface area contributed by atoms with Crippen LogP contribution in [0.1, 0.15) is 18.4 Å². The molecule has 1 saturated heterocycles. The Labute approximate surface area is 135 Å². The van der Waals surface area contributed by atoms with Gasteiger partial charge in [-0.3, -0.25) is 19.4 Å². The normalized spacial score (nSPS) is 18.7. The minimum atomic E-state index is -0.389. The van der Waals surface area contributed by atoms with Crippen molar-refractivity contribution in [2.75, 3.05) is 31.6 Å². The van der Waals surface area contributed by atoms with Crippen molar-refractivity contribution in [3.63, 3.8) is 0 Å². The van der Waals surface area contributed by atoms with Crippen molar-refractivity contribution in [3.05, 3.63) is 41.6 Å². The zero-order valence-corrected chi connectivity index (χ0v) is 13.0. The molecule has 6 nitrogen and oxygen atoms in total. The van der Waals surface area contributed by atoms with E-state index in [1.54, 1.807) is 0 Å². The molecule has 122 valence electrons. The number of nitrogens with zero attached hydrogens (tertiary/aromatic N) is 2. The maximum atomic E-state index is 12.2. The predicted octanol–water partition coefficient (Wildman–Crippen LogP) is 0.939. The number of anilines is 1. The molecule has 2 aliphatic rings. The highest BCUT2D eigenvalue weighted by atomic mass is 16.3. The first-order valence-electron chi connectivity index (χ1n) is 7.94. The van der Waals surface area contributed by atoms with Gasteiger partial charge in [-0.1, -0.05) is 18.2 Å². The fourth-order valence-corrected chi connectivity index (χ4v) is 3.02. The third kappa shape index (κ3) is 3.43. The van der Waals surface area contributed by atoms with E-state index in [0.717, 1.165) is 35.8 Å². The summed E-state index contributed by atoms with van der Waals surface area (Å²) < 4.78 is 0. The van der Waals surface area contributed by atoms with E-state index in [0.29, 0.717) is 0 Å². The summed E-state index contributed by atoms with van der Waals surface area (Å²) in [6.07, 6.45) is 3.75. The molecule has 0 unspecified atom stereocenters. The summed E-state index contributed by atoms with van der Waals surface area (Å²) in [6.45, 7) is 2.81. The van der Waals surface area contributed by atoms with Gasteiger partial charge in [-0.2, -0.15) is 0 Å². The second-order valence-corrected chi connectivity index (χ2v) is 5.84. The van der Waals surface area contributed by atoms with Gasteiger partial charge < -0.3 is 10.4 Å². The standard InChI is InChI=1S/C17H21N3O3/c21-10-9-20-16(22)11-15(17(20)23)18-14-6-2-1-5-13(14)12-19-7-3-4-8-19/h1-2,5-6,11,18,21H,3-4,7-10,12H2. The van der Waals surface area contributed by atoms with Gasteiger partial charge in [-0.25, -0.2) is 0 Å². The van der Waals surface area contributed by atoms with Gasteiger partial charge in [0.15, 0.2) is 0 Å². The van der Waals surface area contributed by atoms with Crippen LogP contribution in [-0.2, 0) is 16.1 Å². The van der Waals surface area contributed by atoms with E-state index in [-0.39, 0.29) is 30.7 Å². The molecule has 0 atom stereocenters. The number of aliphatic hydroxyl groups excluding tert-OH is 1. The molecule has 2 N–H and O–H groups in total. The lowest BCUT2D eigenvalue weighted by atomic mass is 10.1. The van der Waals surface area contributed by atoms with E-state index >= 15 is 0 Å². The van der Waals surface area contributed by atoms with E-state index in [4.69, 9.17) is 5.11 Å². The van der Waals surface area contributed by atoms with Crippen molar-refractivity contribution in [3.8, 4) is 0 Å². The largest absolute Gasteiger partial charge is 0.395 e. The summed E-state index contributed by atoms with van der Waals surface area (Å²) in [4.78, 5) is 27.5. The highest BCUT2D eigenvalue weighted by Gasteiger charge is 2.30. The molecule has 0 bridgehead atoms. The molecule has 1 aromatic carbocycles. The summed E-state index contributed by atoms with van der Waals surface area (Å²) in [5.74, 6) is -0.774. The molecule has 3 rings (SSSR count). The quantitative estimate of drug-likeness (QED) is 0.764. The van der Waals surface area contributed by atoms with Gasteiger partial charge >= 0.3 is 0 Å². The SMILES string of the molecule is O=C1C=C(Nc2ccccc2CN2CCCC2)C(=O)N1CCO. The van der Waals surface area contributed by atoms with Crippen molar-refractivity contribution in [2.24, 2.45) is 0 Å². The number of hydrogen-bond donors (Lipinski definition) is 2. The van der Waals surface area contributed by atoms with Gasteiger partial charge in [-0.15, -0.1) is 0 Å². The molecule has 0 aliphatic carbocycles. The first kappa shape index (κ1) is 15.7. The second-order valence-electron chi connectivity index (χ2n) is 5.84. The van der Waals surface area contributed by atoms with Crippen LogP contribution in [0.25, 0.3) is 0 Å². The van der Waals surface area contributed by atoms with Crippen molar-refractivity contribution in [1.82, 2.24) is 9.80 Å². The molecule has 1 aromatic rings. The molecule has 0 aromatic heterocycles. The summed E-state index contributed by atoms with van der Waals surface area (Å²) >= 11 is 0. The van der Waals surface area contributed by atoms with Crippen LogP contribution < -0.4 is 5.32 Å². The predicted molar refractivity (Wildman–Crippen MR) is 86.5 cm³/mol. The first-order valence-corrected chi connectivity index (χ1v) is 7.94. The third-order valence-corrected chi connectivity index (χ3v) is 4.21. The van der Waals surface area contributed by atoms with E-state index in [9.17, 15) is 9.59 Å². The molecule has 6 heteroatoms. The number of nitrogens with one attached hydrogen (secondary N) is 1. The molecule has 2 amide bonds. The Morgan fingerprint density at radius 2 is 1.87 bits per heavy atom. The van der Waals surface area contributed by atoms with E-state index in [1.807, 2.05) is 24.3 Å². The number of likely N-dealkylation sites (tertiary alicyclic amines) is 1. The van der Waals surface area contributed by atoms with Gasteiger partial charge in [-0.05, 0) is 37.6 Å². The second kappa shape index (κ2) is 6.93. The highest BCUT2D eigenvalue weighted by Crippen LogP contribution is 2.23. The molecule has 0 spiro atoms. The molecule has 0 radical (unpaired) electrons. The molecular formula is C17H21N3O3. The Bertz CT molecular complexity index is 636. The lowest BCUT2D eigenvalue weighted by Gasteiger charge is -2.19. The number of hydrogen-bond acceptors (Lipinski definition) is 5. The Hall–Kier alpha value is -2.18. The fraction of sp³-hybridized carbons (Fsp3) is 0.412. The van der Waals surface area contributed by atoms with Gasteiger partial charge in [0.2, 0.25) is 0 Å². The van der Waals surface area contributed by atoms with Crippen LogP contribution in [0.3, 0.4) is 0 Å². The summed E-state index contributed by atoms with van der Waals surface area (Å²) in [6, 6.07) is 7.83. The number of carbonyl (C=O) groups excluding carboxylic acids is 2. The molecule has 2 heterocycles. The number of amides is 2. The molecule has 2 aliphatic heterocycles. The molecule has 1 fully saturated rings. The monoisotopic (exact) mass is 315 g/mol. The van der Waals surface area contributed by atoms with Crippen LogP contribution in [0.5, 0.6) is 0 Å². The van der Waals surface area contributed by atoms with Crippen molar-refractivity contribution in [1.29, 1.82) is 0 Å². The maximum absolute atomic E-state index is 12.2. The molecule has 0 saturated carbocycles. The maximum Gasteiger partial charge on any atom is 0.277 e. The molecule has 23 heavy (non-hydrogen) atoms. The average molecular weight is 315 g/mol. The van der Waals surface area contributed by atoms with E-state index in [2.05, 4.69) is 10.2 Å². The summed E-state index contributed by atoms with van der Waals surface area (Å²) in [7, 11) is 0. The number of carbonyl (C=O) groups is 2. The minimum absolute atomic E-state index is 0.0226. The lowest BCUT2D eigenvalue weighted by Crippen LogP contribution is -2.34. The Balaban J connectivity index is 1.74. The van der Waals surface area contributed by atoms with Gasteiger partial charge in [0, 0.05) is 18.3 Å². The topological polar surface area (TPSA) is 72.9 Å². The van der Waals surface area contributed by atoms with E-state index in [1.165, 1.54) is 18.9 Å². The van der Waals surface area contributed by atoms with Crippen LogP contribution in [0.2, 0.25) is 0 Å². The molecular weight excluding hydrogens is 294 g/mol.